The van der Waals surface area contributed by atoms with Gasteiger partial charge in [-0.3, -0.25) is 19.1 Å². The highest BCUT2D eigenvalue weighted by Crippen LogP contribution is 2.46. The summed E-state index contributed by atoms with van der Waals surface area (Å²) in [6, 6.07) is 18.4. The fraction of sp³-hybridized carbons (Fsp3) is 0.486. The lowest BCUT2D eigenvalue weighted by Crippen LogP contribution is -2.56. The number of rotatable bonds is 12. The third kappa shape index (κ3) is 8.96. The van der Waals surface area contributed by atoms with E-state index in [0.29, 0.717) is 18.6 Å². The van der Waals surface area contributed by atoms with Crippen molar-refractivity contribution in [2.24, 2.45) is 22.9 Å². The van der Waals surface area contributed by atoms with Gasteiger partial charge in [0.05, 0.1) is 17.1 Å². The monoisotopic (exact) mass is 721 g/mol. The second kappa shape index (κ2) is 14.9. The molecule has 3 saturated carbocycles. The van der Waals surface area contributed by atoms with Gasteiger partial charge >= 0.3 is 6.09 Å². The summed E-state index contributed by atoms with van der Waals surface area (Å²) < 4.78 is 32.8. The normalized spacial score (nSPS) is 24.1. The van der Waals surface area contributed by atoms with E-state index in [2.05, 4.69) is 27.2 Å². The zero-order chi connectivity index (χ0) is 37.1. The van der Waals surface area contributed by atoms with Gasteiger partial charge in [-0.1, -0.05) is 71.9 Å². The average molecular weight is 722 g/mol. The zero-order valence-electron chi connectivity index (χ0n) is 29.6. The highest BCUT2D eigenvalue weighted by Gasteiger charge is 2.62. The number of benzene rings is 2. The lowest BCUT2D eigenvalue weighted by Gasteiger charge is -2.32. The number of nitrogens with zero attached hydrogens (tertiary/aromatic N) is 2. The third-order valence-electron chi connectivity index (χ3n) is 9.17. The van der Waals surface area contributed by atoms with Crippen LogP contribution in [0.4, 0.5) is 4.79 Å². The van der Waals surface area contributed by atoms with Crippen LogP contribution in [0.25, 0.3) is 0 Å². The molecule has 0 bridgehead atoms. The Morgan fingerprint density at radius 3 is 2.02 bits per heavy atom. The van der Waals surface area contributed by atoms with Crippen LogP contribution in [0.5, 0.6) is 0 Å². The van der Waals surface area contributed by atoms with Crippen molar-refractivity contribution >= 4 is 39.5 Å². The highest BCUT2D eigenvalue weighted by molar-refractivity contribution is 7.91. The topological polar surface area (TPSA) is 173 Å². The van der Waals surface area contributed by atoms with Crippen molar-refractivity contribution in [1.82, 2.24) is 20.5 Å². The maximum absolute atomic E-state index is 14.2. The maximum Gasteiger partial charge on any atom is 0.426 e. The number of amides is 4. The van der Waals surface area contributed by atoms with Crippen LogP contribution >= 0.6 is 0 Å². The van der Waals surface area contributed by atoms with E-state index in [0.717, 1.165) is 16.1 Å². The van der Waals surface area contributed by atoms with Crippen LogP contribution in [-0.2, 0) is 34.0 Å². The van der Waals surface area contributed by atoms with E-state index in [1.165, 1.54) is 6.08 Å². The summed E-state index contributed by atoms with van der Waals surface area (Å²) in [5, 5.41) is 7.82. The lowest BCUT2D eigenvalue weighted by molar-refractivity contribution is -0.145. The molecular weight excluding hydrogens is 675 g/mol. The van der Waals surface area contributed by atoms with Crippen molar-refractivity contribution < 1.29 is 37.2 Å². The van der Waals surface area contributed by atoms with Crippen molar-refractivity contribution in [3.05, 3.63) is 84.4 Å². The van der Waals surface area contributed by atoms with Crippen LogP contribution in [0.15, 0.2) is 78.5 Å². The molecule has 5 rings (SSSR count). The standard InChI is InChI=1S/C37H47N5O8S/c1-7-26-22-37(26,34(45)41-51(47,48)28-18-19-28)38-32(43)29-20-27(21-30(29)33(44)42(23(2)3)39-35(46)49-36(4,5)6)50-40-31(24-14-10-8-11-15-24)25-16-12-9-13-17-25/h7-17,23,26-30H,1,18-22H2,2-6H3,(H,38,43)(H,39,46)(H,41,45)/t26-,27-,29-,30-,37-/m1/s1. The first-order chi connectivity index (χ1) is 24.0. The Balaban J connectivity index is 1.43. The van der Waals surface area contributed by atoms with Gasteiger partial charge in [0.2, 0.25) is 21.8 Å². The van der Waals surface area contributed by atoms with E-state index in [1.54, 1.807) is 34.6 Å². The van der Waals surface area contributed by atoms with Crippen LogP contribution in [0.3, 0.4) is 0 Å². The van der Waals surface area contributed by atoms with Gasteiger partial charge in [0.15, 0.2) is 0 Å². The van der Waals surface area contributed by atoms with Crippen molar-refractivity contribution in [3.8, 4) is 0 Å². The Bertz CT molecular complexity index is 1730. The molecule has 3 aliphatic rings. The molecule has 0 aliphatic heterocycles. The zero-order valence-corrected chi connectivity index (χ0v) is 30.4. The molecule has 2 aromatic carbocycles. The molecule has 3 fully saturated rings. The summed E-state index contributed by atoms with van der Waals surface area (Å²) in [6.45, 7) is 12.3. The third-order valence-corrected chi connectivity index (χ3v) is 11.0. The molecule has 2 aromatic rings. The summed E-state index contributed by atoms with van der Waals surface area (Å²) in [5.74, 6) is -4.55. The Morgan fingerprint density at radius 2 is 1.53 bits per heavy atom. The van der Waals surface area contributed by atoms with E-state index in [9.17, 15) is 27.6 Å². The second-order valence-electron chi connectivity index (χ2n) is 14.7. The van der Waals surface area contributed by atoms with Crippen molar-refractivity contribution in [3.63, 3.8) is 0 Å². The predicted octanol–water partition coefficient (Wildman–Crippen LogP) is 4.20. The van der Waals surface area contributed by atoms with Crippen LogP contribution in [0.2, 0.25) is 0 Å². The molecule has 13 nitrogen and oxygen atoms in total. The fourth-order valence-electron chi connectivity index (χ4n) is 6.28. The number of carbonyl (C=O) groups is 4. The molecule has 4 amide bonds. The number of ether oxygens (including phenoxy) is 1. The Kier molecular flexibility index (Phi) is 10.9. The number of hydrogen-bond acceptors (Lipinski definition) is 9. The van der Waals surface area contributed by atoms with E-state index in [-0.39, 0.29) is 19.3 Å². The van der Waals surface area contributed by atoms with E-state index < -0.39 is 80.1 Å². The van der Waals surface area contributed by atoms with Gasteiger partial charge in [-0.05, 0) is 66.7 Å². The van der Waals surface area contributed by atoms with Crippen LogP contribution in [-0.4, -0.2) is 71.5 Å². The molecule has 274 valence electrons. The summed E-state index contributed by atoms with van der Waals surface area (Å²) >= 11 is 0. The minimum absolute atomic E-state index is 0.0534. The minimum atomic E-state index is -3.89. The molecule has 0 saturated heterocycles. The number of nitrogens with one attached hydrogen (secondary N) is 3. The number of sulfonamides is 1. The van der Waals surface area contributed by atoms with E-state index in [4.69, 9.17) is 9.57 Å². The molecule has 3 aliphatic carbocycles. The molecule has 0 radical (unpaired) electrons. The number of carbonyl (C=O) groups excluding carboxylic acids is 4. The Hall–Kier alpha value is -4.72. The predicted molar refractivity (Wildman–Crippen MR) is 190 cm³/mol. The van der Waals surface area contributed by atoms with Crippen molar-refractivity contribution in [1.29, 1.82) is 0 Å². The molecule has 5 atom stereocenters. The minimum Gasteiger partial charge on any atom is -0.443 e. The van der Waals surface area contributed by atoms with Crippen molar-refractivity contribution in [2.75, 3.05) is 0 Å². The van der Waals surface area contributed by atoms with Crippen LogP contribution in [0.1, 0.15) is 77.8 Å². The van der Waals surface area contributed by atoms with Gasteiger partial charge in [-0.25, -0.2) is 23.6 Å². The first kappa shape index (κ1) is 37.5. The quantitative estimate of drug-likeness (QED) is 0.166. The molecule has 0 unspecified atom stereocenters. The fourth-order valence-corrected chi connectivity index (χ4v) is 7.64. The second-order valence-corrected chi connectivity index (χ2v) is 16.6. The lowest BCUT2D eigenvalue weighted by atomic mass is 9.93. The van der Waals surface area contributed by atoms with Crippen LogP contribution in [0, 0.1) is 17.8 Å². The molecule has 0 heterocycles. The number of oxime groups is 1. The van der Waals surface area contributed by atoms with Gasteiger partial charge in [-0.15, -0.1) is 6.58 Å². The summed E-state index contributed by atoms with van der Waals surface area (Å²) in [4.78, 5) is 60.7. The van der Waals surface area contributed by atoms with Crippen molar-refractivity contribution in [2.45, 2.75) is 95.3 Å². The van der Waals surface area contributed by atoms with E-state index in [1.807, 2.05) is 60.7 Å². The highest BCUT2D eigenvalue weighted by atomic mass is 32.2. The Morgan fingerprint density at radius 1 is 0.961 bits per heavy atom. The molecule has 14 heteroatoms. The van der Waals surface area contributed by atoms with Gasteiger partial charge < -0.3 is 14.9 Å². The molecule has 0 aromatic heterocycles. The summed E-state index contributed by atoms with van der Waals surface area (Å²) in [5.41, 5.74) is 2.33. The first-order valence-electron chi connectivity index (χ1n) is 17.2. The smallest absolute Gasteiger partial charge is 0.426 e. The Labute approximate surface area is 299 Å². The van der Waals surface area contributed by atoms with E-state index >= 15 is 0 Å². The summed E-state index contributed by atoms with van der Waals surface area (Å²) in [7, 11) is -3.89. The van der Waals surface area contributed by atoms with Crippen LogP contribution < -0.4 is 15.5 Å². The van der Waals surface area contributed by atoms with Gasteiger partial charge in [0, 0.05) is 23.1 Å². The average Bonchev–Trinajstić information content (AvgIpc) is 4.00. The number of hydrazine groups is 1. The van der Waals surface area contributed by atoms with Gasteiger partial charge in [-0.2, -0.15) is 0 Å². The van der Waals surface area contributed by atoms with Gasteiger partial charge in [0.25, 0.3) is 5.91 Å². The maximum atomic E-state index is 14.2. The molecule has 0 spiro atoms. The molecular formula is C37H47N5O8S. The molecule has 3 N–H and O–H groups in total. The first-order valence-corrected chi connectivity index (χ1v) is 18.8. The largest absolute Gasteiger partial charge is 0.443 e. The summed E-state index contributed by atoms with van der Waals surface area (Å²) in [6.07, 6.45) is 1.15. The molecule has 51 heavy (non-hydrogen) atoms. The number of hydrogen-bond donors (Lipinski definition) is 3. The SMILES string of the molecule is C=C[C@@H]1C[C@]1(NC(=O)[C@@H]1C[C@@H](ON=C(c2ccccc2)c2ccccc2)C[C@H]1C(=O)N(NC(=O)OC(C)(C)C)C(C)C)C(=O)NS(=O)(=O)C1CC1. The van der Waals surface area contributed by atoms with Gasteiger partial charge in [0.1, 0.15) is 23.0 Å².